The molecule has 0 radical (unpaired) electrons. The maximum atomic E-state index is 13.5. The van der Waals surface area contributed by atoms with Crippen LogP contribution in [0.4, 0.5) is 14.5 Å². The number of nitrogens with zero attached hydrogens (tertiary/aromatic N) is 2. The van der Waals surface area contributed by atoms with Gasteiger partial charge in [0, 0.05) is 12.1 Å². The second-order valence-electron chi connectivity index (χ2n) is 4.24. The molecule has 4 nitrogen and oxygen atoms in total. The number of halogens is 3. The summed E-state index contributed by atoms with van der Waals surface area (Å²) in [7, 11) is 0. The number of hydrogen-bond donors (Lipinski definition) is 1. The molecule has 0 unspecified atom stereocenters. The topological polar surface area (TPSA) is 46.9 Å². The van der Waals surface area contributed by atoms with Crippen LogP contribution < -0.4 is 10.9 Å². The average Bonchev–Trinajstić information content (AvgIpc) is 2.46. The molecule has 21 heavy (non-hydrogen) atoms. The normalized spacial score (nSPS) is 10.4. The van der Waals surface area contributed by atoms with Crippen molar-refractivity contribution < 1.29 is 8.78 Å². The van der Waals surface area contributed by atoms with E-state index in [1.165, 1.54) is 10.9 Å². The number of nitrogens with one attached hydrogen (secondary N) is 1. The van der Waals surface area contributed by atoms with Gasteiger partial charge in [0.2, 0.25) is 0 Å². The van der Waals surface area contributed by atoms with Crippen molar-refractivity contribution in [3.05, 3.63) is 69.1 Å². The van der Waals surface area contributed by atoms with Crippen LogP contribution in [0.15, 0.2) is 46.3 Å². The first-order valence-electron chi connectivity index (χ1n) is 6.07. The van der Waals surface area contributed by atoms with E-state index in [2.05, 4.69) is 32.9 Å². The Bertz CT molecular complexity index is 731. The number of rotatable bonds is 5. The van der Waals surface area contributed by atoms with Gasteiger partial charge in [0.25, 0.3) is 5.56 Å². The molecule has 1 N–H and O–H groups in total. The van der Waals surface area contributed by atoms with Crippen LogP contribution in [0.5, 0.6) is 0 Å². The lowest BCUT2D eigenvalue weighted by molar-refractivity contribution is 0.587. The van der Waals surface area contributed by atoms with Crippen LogP contribution in [-0.2, 0) is 13.1 Å². The molecule has 0 spiro atoms. The van der Waals surface area contributed by atoms with Gasteiger partial charge in [0.15, 0.2) is 0 Å². The zero-order chi connectivity index (χ0) is 15.4. The second-order valence-corrected chi connectivity index (χ2v) is 5.03. The van der Waals surface area contributed by atoms with E-state index in [0.717, 1.165) is 18.2 Å². The van der Waals surface area contributed by atoms with E-state index in [1.807, 2.05) is 0 Å². The molecule has 0 atom stereocenters. The Kier molecular flexibility index (Phi) is 4.85. The molecular weight excluding hydrogens is 344 g/mol. The molecule has 1 heterocycles. The summed E-state index contributed by atoms with van der Waals surface area (Å²) in [6.45, 7) is 3.86. The van der Waals surface area contributed by atoms with Crippen molar-refractivity contribution in [2.45, 2.75) is 13.1 Å². The fraction of sp³-hybridized carbons (Fsp3) is 0.143. The molecule has 2 rings (SSSR count). The van der Waals surface area contributed by atoms with E-state index in [9.17, 15) is 13.6 Å². The van der Waals surface area contributed by atoms with E-state index in [-0.39, 0.29) is 28.7 Å². The Morgan fingerprint density at radius 1 is 1.43 bits per heavy atom. The minimum atomic E-state index is -0.521. The monoisotopic (exact) mass is 355 g/mol. The molecule has 0 aliphatic heterocycles. The lowest BCUT2D eigenvalue weighted by Crippen LogP contribution is -2.24. The van der Waals surface area contributed by atoms with E-state index in [4.69, 9.17) is 0 Å². The third-order valence-electron chi connectivity index (χ3n) is 2.76. The SMILES string of the molecule is C=CCn1ncc(NCc2cc(F)ccc2F)c(Br)c1=O. The Hall–Kier alpha value is -2.02. The maximum absolute atomic E-state index is 13.5. The first-order chi connectivity index (χ1) is 10.0. The summed E-state index contributed by atoms with van der Waals surface area (Å²) >= 11 is 3.17. The largest absolute Gasteiger partial charge is 0.378 e. The van der Waals surface area contributed by atoms with Gasteiger partial charge >= 0.3 is 0 Å². The Labute approximate surface area is 128 Å². The quantitative estimate of drug-likeness (QED) is 0.838. The number of benzene rings is 1. The summed E-state index contributed by atoms with van der Waals surface area (Å²) in [4.78, 5) is 11.9. The average molecular weight is 356 g/mol. The van der Waals surface area contributed by atoms with Crippen LogP contribution in [-0.4, -0.2) is 9.78 Å². The summed E-state index contributed by atoms with van der Waals surface area (Å²) in [5.41, 5.74) is 0.237. The van der Waals surface area contributed by atoms with E-state index in [0.29, 0.717) is 5.69 Å². The van der Waals surface area contributed by atoms with Gasteiger partial charge in [-0.05, 0) is 34.1 Å². The van der Waals surface area contributed by atoms with Gasteiger partial charge in [-0.2, -0.15) is 5.10 Å². The van der Waals surface area contributed by atoms with E-state index < -0.39 is 11.6 Å². The summed E-state index contributed by atoms with van der Waals surface area (Å²) in [6.07, 6.45) is 2.99. The van der Waals surface area contributed by atoms with Crippen molar-refractivity contribution in [1.82, 2.24) is 9.78 Å². The zero-order valence-electron chi connectivity index (χ0n) is 10.9. The van der Waals surface area contributed by atoms with Crippen LogP contribution in [0.25, 0.3) is 0 Å². The fourth-order valence-corrected chi connectivity index (χ4v) is 2.16. The van der Waals surface area contributed by atoms with Crippen LogP contribution in [0, 0.1) is 11.6 Å². The summed E-state index contributed by atoms with van der Waals surface area (Å²) < 4.78 is 28.1. The van der Waals surface area contributed by atoms with Crippen molar-refractivity contribution in [3.8, 4) is 0 Å². The predicted octanol–water partition coefficient (Wildman–Crippen LogP) is 3.08. The summed E-state index contributed by atoms with van der Waals surface area (Å²) in [5, 5.41) is 6.81. The van der Waals surface area contributed by atoms with E-state index >= 15 is 0 Å². The molecule has 0 bridgehead atoms. The van der Waals surface area contributed by atoms with Crippen LogP contribution in [0.3, 0.4) is 0 Å². The molecule has 7 heteroatoms. The van der Waals surface area contributed by atoms with Gasteiger partial charge in [-0.15, -0.1) is 6.58 Å². The Morgan fingerprint density at radius 2 is 2.19 bits per heavy atom. The molecular formula is C14H12BrF2N3O. The minimum Gasteiger partial charge on any atom is -0.378 e. The standard InChI is InChI=1S/C14H12BrF2N3O/c1-2-5-20-14(21)13(15)12(8-19-20)18-7-9-6-10(16)3-4-11(9)17/h2-4,6,8,18H,1,5,7H2. The smallest absolute Gasteiger partial charge is 0.283 e. The molecule has 2 aromatic rings. The number of hydrogen-bond acceptors (Lipinski definition) is 3. The lowest BCUT2D eigenvalue weighted by atomic mass is 10.2. The molecule has 0 fully saturated rings. The molecule has 0 saturated carbocycles. The third kappa shape index (κ3) is 3.55. The number of allylic oxidation sites excluding steroid dienone is 1. The molecule has 0 amide bonds. The summed E-state index contributed by atoms with van der Waals surface area (Å²) in [5.74, 6) is -1.04. The Balaban J connectivity index is 2.21. The molecule has 0 aliphatic rings. The van der Waals surface area contributed by atoms with Gasteiger partial charge < -0.3 is 5.32 Å². The van der Waals surface area contributed by atoms with Crippen LogP contribution in [0.1, 0.15) is 5.56 Å². The van der Waals surface area contributed by atoms with Gasteiger partial charge in [0.1, 0.15) is 16.1 Å². The molecule has 0 aliphatic carbocycles. The van der Waals surface area contributed by atoms with Crippen LogP contribution >= 0.6 is 15.9 Å². The number of anilines is 1. The van der Waals surface area contributed by atoms with Gasteiger partial charge in [-0.25, -0.2) is 13.5 Å². The first kappa shape index (κ1) is 15.4. The first-order valence-corrected chi connectivity index (χ1v) is 6.86. The highest BCUT2D eigenvalue weighted by atomic mass is 79.9. The molecule has 1 aromatic carbocycles. The second kappa shape index (κ2) is 6.62. The molecule has 0 saturated heterocycles. The highest BCUT2D eigenvalue weighted by Gasteiger charge is 2.09. The van der Waals surface area contributed by atoms with Crippen LogP contribution in [0.2, 0.25) is 0 Å². The number of aromatic nitrogens is 2. The highest BCUT2D eigenvalue weighted by Crippen LogP contribution is 2.18. The van der Waals surface area contributed by atoms with Crippen molar-refractivity contribution in [2.75, 3.05) is 5.32 Å². The highest BCUT2D eigenvalue weighted by molar-refractivity contribution is 9.10. The van der Waals surface area contributed by atoms with Gasteiger partial charge in [-0.1, -0.05) is 6.08 Å². The van der Waals surface area contributed by atoms with Crippen molar-refractivity contribution in [2.24, 2.45) is 0 Å². The fourth-order valence-electron chi connectivity index (χ4n) is 1.71. The molecule has 1 aromatic heterocycles. The maximum Gasteiger partial charge on any atom is 0.283 e. The predicted molar refractivity (Wildman–Crippen MR) is 80.1 cm³/mol. The van der Waals surface area contributed by atoms with Crippen molar-refractivity contribution in [1.29, 1.82) is 0 Å². The summed E-state index contributed by atoms with van der Waals surface area (Å²) in [6, 6.07) is 3.21. The zero-order valence-corrected chi connectivity index (χ0v) is 12.5. The van der Waals surface area contributed by atoms with Crippen molar-refractivity contribution in [3.63, 3.8) is 0 Å². The van der Waals surface area contributed by atoms with Crippen molar-refractivity contribution >= 4 is 21.6 Å². The third-order valence-corrected chi connectivity index (χ3v) is 3.53. The van der Waals surface area contributed by atoms with E-state index in [1.54, 1.807) is 6.08 Å². The van der Waals surface area contributed by atoms with Gasteiger partial charge in [-0.3, -0.25) is 4.79 Å². The Morgan fingerprint density at radius 3 is 2.90 bits per heavy atom. The molecule has 110 valence electrons. The lowest BCUT2D eigenvalue weighted by Gasteiger charge is -2.10. The minimum absolute atomic E-state index is 0.0365. The van der Waals surface area contributed by atoms with Gasteiger partial charge in [0.05, 0.1) is 18.4 Å².